The Balaban J connectivity index is 0.00000249. The minimum absolute atomic E-state index is 0.727. The van der Waals surface area contributed by atoms with Crippen LogP contribution in [0.3, 0.4) is 0 Å². The molecule has 1 aromatic rings. The molecule has 32 heavy (non-hydrogen) atoms. The van der Waals surface area contributed by atoms with E-state index in [9.17, 15) is 0 Å². The summed E-state index contributed by atoms with van der Waals surface area (Å²) in [4.78, 5) is 6.90. The summed E-state index contributed by atoms with van der Waals surface area (Å²) in [5, 5.41) is 3.50. The maximum Gasteiger partial charge on any atom is 0.129 e. The molecule has 0 atom stereocenters. The Bertz CT molecular complexity index is 912. The quantitative estimate of drug-likeness (QED) is 0.408. The van der Waals surface area contributed by atoms with E-state index < -0.39 is 0 Å². The third kappa shape index (κ3) is 7.12. The van der Waals surface area contributed by atoms with Crippen LogP contribution in [0.1, 0.15) is 77.5 Å². The SMILES string of the molecule is C=C(C)C1=CC(C(=C)NCc2ccc(C(=C)CC)cc2CCC)=N/C(=C/CC)N1C.CC. The van der Waals surface area contributed by atoms with Crippen molar-refractivity contribution < 1.29 is 0 Å². The Morgan fingerprint density at radius 3 is 2.34 bits per heavy atom. The summed E-state index contributed by atoms with van der Waals surface area (Å²) in [6, 6.07) is 6.69. The minimum Gasteiger partial charge on any atom is -0.380 e. The maximum absolute atomic E-state index is 4.82. The fourth-order valence-electron chi connectivity index (χ4n) is 3.53. The van der Waals surface area contributed by atoms with Crippen LogP contribution in [0.25, 0.3) is 5.57 Å². The van der Waals surface area contributed by atoms with Gasteiger partial charge in [0.2, 0.25) is 0 Å². The topological polar surface area (TPSA) is 27.6 Å². The fourth-order valence-corrected chi connectivity index (χ4v) is 3.53. The van der Waals surface area contributed by atoms with E-state index in [4.69, 9.17) is 4.99 Å². The number of hydrogen-bond acceptors (Lipinski definition) is 3. The van der Waals surface area contributed by atoms with Crippen molar-refractivity contribution in [1.29, 1.82) is 0 Å². The molecule has 0 aromatic heterocycles. The molecule has 0 unspecified atom stereocenters. The Labute approximate surface area is 197 Å². The monoisotopic (exact) mass is 433 g/mol. The van der Waals surface area contributed by atoms with Crippen molar-refractivity contribution in [3.63, 3.8) is 0 Å². The van der Waals surface area contributed by atoms with E-state index in [0.717, 1.165) is 60.7 Å². The van der Waals surface area contributed by atoms with E-state index in [1.807, 2.05) is 27.8 Å². The van der Waals surface area contributed by atoms with Crippen molar-refractivity contribution >= 4 is 11.3 Å². The van der Waals surface area contributed by atoms with Gasteiger partial charge in [0.25, 0.3) is 0 Å². The second-order valence-electron chi connectivity index (χ2n) is 7.86. The van der Waals surface area contributed by atoms with Crippen LogP contribution in [0.4, 0.5) is 0 Å². The zero-order valence-corrected chi connectivity index (χ0v) is 21.4. The van der Waals surface area contributed by atoms with Gasteiger partial charge in [0.1, 0.15) is 5.82 Å². The molecule has 3 nitrogen and oxygen atoms in total. The largest absolute Gasteiger partial charge is 0.380 e. The van der Waals surface area contributed by atoms with Crippen molar-refractivity contribution in [2.75, 3.05) is 7.05 Å². The van der Waals surface area contributed by atoms with E-state index in [2.05, 4.69) is 81.1 Å². The van der Waals surface area contributed by atoms with Crippen LogP contribution in [-0.4, -0.2) is 17.7 Å². The van der Waals surface area contributed by atoms with Gasteiger partial charge >= 0.3 is 0 Å². The van der Waals surface area contributed by atoms with Crippen LogP contribution >= 0.6 is 0 Å². The maximum atomic E-state index is 4.82. The van der Waals surface area contributed by atoms with E-state index in [-0.39, 0.29) is 0 Å². The first-order valence-electron chi connectivity index (χ1n) is 12.0. The molecule has 0 radical (unpaired) electrons. The molecule has 174 valence electrons. The highest BCUT2D eigenvalue weighted by molar-refractivity contribution is 6.09. The minimum atomic E-state index is 0.727. The Kier molecular flexibility index (Phi) is 11.5. The average molecular weight is 434 g/mol. The Morgan fingerprint density at radius 1 is 1.09 bits per heavy atom. The molecule has 1 N–H and O–H groups in total. The molecular formula is C29H43N3. The van der Waals surface area contributed by atoms with Crippen LogP contribution in [0.15, 0.2) is 77.9 Å². The van der Waals surface area contributed by atoms with Crippen molar-refractivity contribution in [2.45, 2.75) is 73.8 Å². The Hall–Kier alpha value is -2.81. The van der Waals surface area contributed by atoms with Crippen molar-refractivity contribution in [2.24, 2.45) is 4.99 Å². The highest BCUT2D eigenvalue weighted by Crippen LogP contribution is 2.25. The number of rotatable bonds is 10. The number of benzene rings is 1. The van der Waals surface area contributed by atoms with Gasteiger partial charge in [-0.2, -0.15) is 0 Å². The van der Waals surface area contributed by atoms with Gasteiger partial charge in [-0.15, -0.1) is 0 Å². The molecule has 0 saturated carbocycles. The lowest BCUT2D eigenvalue weighted by Gasteiger charge is -2.28. The van der Waals surface area contributed by atoms with Gasteiger partial charge in [-0.05, 0) is 66.2 Å². The zero-order valence-electron chi connectivity index (χ0n) is 21.4. The second-order valence-corrected chi connectivity index (χ2v) is 7.86. The highest BCUT2D eigenvalue weighted by Gasteiger charge is 2.18. The third-order valence-electron chi connectivity index (χ3n) is 5.40. The van der Waals surface area contributed by atoms with Crippen LogP contribution in [0.2, 0.25) is 0 Å². The lowest BCUT2D eigenvalue weighted by atomic mass is 9.96. The summed E-state index contributed by atoms with van der Waals surface area (Å²) in [5.74, 6) is 0.935. The lowest BCUT2D eigenvalue weighted by Crippen LogP contribution is -2.27. The standard InChI is InChI=1S/C27H37N3.C2H6/c1-9-12-23-16-22(20(6)11-3)14-15-24(23)18-28-21(7)25-17-26(19(4)5)30(8)27(29-25)13-10-2;1-2/h13-17,28H,4,6-7,9-12,18H2,1-3,5,8H3;1-2H3/b27-13-;. The molecule has 0 fully saturated rings. The summed E-state index contributed by atoms with van der Waals surface area (Å²) in [6.07, 6.45) is 8.26. The lowest BCUT2D eigenvalue weighted by molar-refractivity contribution is 0.514. The molecule has 0 aliphatic carbocycles. The third-order valence-corrected chi connectivity index (χ3v) is 5.40. The highest BCUT2D eigenvalue weighted by atomic mass is 15.2. The number of hydrogen-bond donors (Lipinski definition) is 1. The molecule has 0 bridgehead atoms. The molecule has 1 heterocycles. The van der Waals surface area contributed by atoms with E-state index in [1.54, 1.807) is 0 Å². The summed E-state index contributed by atoms with van der Waals surface area (Å²) in [6.45, 7) is 25.8. The first-order valence-corrected chi connectivity index (χ1v) is 12.0. The van der Waals surface area contributed by atoms with Crippen LogP contribution in [0, 0.1) is 0 Å². The number of nitrogens with one attached hydrogen (secondary N) is 1. The van der Waals surface area contributed by atoms with E-state index in [1.165, 1.54) is 22.3 Å². The molecule has 0 saturated heterocycles. The zero-order chi connectivity index (χ0) is 24.3. The second kappa shape index (κ2) is 13.6. The normalized spacial score (nSPS) is 14.2. The number of aryl methyl sites for hydroxylation is 1. The van der Waals surface area contributed by atoms with Gasteiger partial charge < -0.3 is 10.2 Å². The van der Waals surface area contributed by atoms with Crippen molar-refractivity contribution in [1.82, 2.24) is 10.2 Å². The van der Waals surface area contributed by atoms with Crippen molar-refractivity contribution in [3.05, 3.63) is 89.6 Å². The summed E-state index contributed by atoms with van der Waals surface area (Å²) < 4.78 is 0. The average Bonchev–Trinajstić information content (AvgIpc) is 2.80. The number of aliphatic imine (C=N–C) groups is 1. The van der Waals surface area contributed by atoms with E-state index >= 15 is 0 Å². The molecular weight excluding hydrogens is 390 g/mol. The first-order chi connectivity index (χ1) is 15.3. The predicted octanol–water partition coefficient (Wildman–Crippen LogP) is 7.79. The molecule has 2 rings (SSSR count). The number of nitrogens with zero attached hydrogens (tertiary/aromatic N) is 2. The van der Waals surface area contributed by atoms with Crippen LogP contribution < -0.4 is 5.32 Å². The molecule has 1 aliphatic rings. The number of likely N-dealkylation sites (N-methyl/N-ethyl adjacent to an activating group) is 1. The van der Waals surface area contributed by atoms with E-state index in [0.29, 0.717) is 0 Å². The van der Waals surface area contributed by atoms with Gasteiger partial charge in [0.15, 0.2) is 0 Å². The predicted molar refractivity (Wildman–Crippen MR) is 144 cm³/mol. The van der Waals surface area contributed by atoms with Crippen LogP contribution in [0.5, 0.6) is 0 Å². The summed E-state index contributed by atoms with van der Waals surface area (Å²) in [7, 11) is 2.03. The van der Waals surface area contributed by atoms with Gasteiger partial charge in [0, 0.05) is 19.3 Å². The van der Waals surface area contributed by atoms with Gasteiger partial charge in [0.05, 0.1) is 11.4 Å². The smallest absolute Gasteiger partial charge is 0.129 e. The van der Waals surface area contributed by atoms with Gasteiger partial charge in [-0.1, -0.05) is 79.0 Å². The first kappa shape index (κ1) is 27.2. The van der Waals surface area contributed by atoms with Gasteiger partial charge in [-0.25, -0.2) is 4.99 Å². The Morgan fingerprint density at radius 2 is 1.78 bits per heavy atom. The fraction of sp³-hybridized carbons (Fsp3) is 0.414. The summed E-state index contributed by atoms with van der Waals surface area (Å²) in [5.41, 5.74) is 8.87. The molecule has 1 aliphatic heterocycles. The number of allylic oxidation sites excluding steroid dienone is 4. The molecule has 3 heteroatoms. The molecule has 0 spiro atoms. The molecule has 0 amide bonds. The van der Waals surface area contributed by atoms with Gasteiger partial charge in [-0.3, -0.25) is 0 Å². The summed E-state index contributed by atoms with van der Waals surface area (Å²) >= 11 is 0. The molecule has 1 aromatic carbocycles. The van der Waals surface area contributed by atoms with Crippen LogP contribution in [-0.2, 0) is 13.0 Å². The van der Waals surface area contributed by atoms with Crippen molar-refractivity contribution in [3.8, 4) is 0 Å².